The van der Waals surface area contributed by atoms with Crippen LogP contribution in [0.1, 0.15) is 15.2 Å². The second-order valence-electron chi connectivity index (χ2n) is 6.90. The van der Waals surface area contributed by atoms with Crippen LogP contribution in [-0.2, 0) is 16.2 Å². The molecule has 0 aliphatic carbocycles. The van der Waals surface area contributed by atoms with E-state index in [0.29, 0.717) is 28.1 Å². The summed E-state index contributed by atoms with van der Waals surface area (Å²) in [7, 11) is -4.28. The van der Waals surface area contributed by atoms with Crippen molar-refractivity contribution in [1.29, 1.82) is 0 Å². The van der Waals surface area contributed by atoms with Crippen LogP contribution in [0.4, 0.5) is 18.9 Å². The Kier molecular flexibility index (Phi) is 5.81. The summed E-state index contributed by atoms with van der Waals surface area (Å²) in [6, 6.07) is 9.99. The number of alkyl halides is 3. The Morgan fingerprint density at radius 2 is 1.85 bits per heavy atom. The van der Waals surface area contributed by atoms with Gasteiger partial charge in [0.25, 0.3) is 15.9 Å². The molecule has 0 aliphatic rings. The summed E-state index contributed by atoms with van der Waals surface area (Å²) < 4.78 is 67.2. The Balaban J connectivity index is 1.70. The van der Waals surface area contributed by atoms with E-state index in [1.54, 1.807) is 30.6 Å². The molecule has 1 amide bonds. The van der Waals surface area contributed by atoms with Crippen molar-refractivity contribution < 1.29 is 26.4 Å². The lowest BCUT2D eigenvalue weighted by Crippen LogP contribution is -2.14. The van der Waals surface area contributed by atoms with Crippen LogP contribution in [0.2, 0.25) is 5.02 Å². The van der Waals surface area contributed by atoms with Crippen molar-refractivity contribution in [2.75, 3.05) is 4.72 Å². The number of hydrogen-bond donors (Lipinski definition) is 2. The van der Waals surface area contributed by atoms with E-state index in [1.807, 2.05) is 0 Å². The van der Waals surface area contributed by atoms with Gasteiger partial charge in [0.2, 0.25) is 0 Å². The summed E-state index contributed by atoms with van der Waals surface area (Å²) in [4.78, 5) is 15.6. The molecule has 12 heteroatoms. The molecule has 4 aromatic rings. The fraction of sp³-hybridized carbons (Fsp3) is 0.0476. The number of hydrogen-bond acceptors (Lipinski definition) is 5. The third kappa shape index (κ3) is 4.65. The first-order valence-corrected chi connectivity index (χ1v) is 11.8. The quantitative estimate of drug-likeness (QED) is 0.367. The molecule has 0 bridgehead atoms. The summed E-state index contributed by atoms with van der Waals surface area (Å²) >= 11 is 7.03. The van der Waals surface area contributed by atoms with Gasteiger partial charge in [-0.1, -0.05) is 23.7 Å². The van der Waals surface area contributed by atoms with Crippen molar-refractivity contribution in [1.82, 2.24) is 4.98 Å². The number of nitrogens with one attached hydrogen (secondary N) is 1. The van der Waals surface area contributed by atoms with Crippen LogP contribution in [0.5, 0.6) is 0 Å². The van der Waals surface area contributed by atoms with Crippen molar-refractivity contribution in [3.63, 3.8) is 0 Å². The monoisotopic (exact) mass is 511 g/mol. The van der Waals surface area contributed by atoms with E-state index in [9.17, 15) is 26.4 Å². The highest BCUT2D eigenvalue weighted by molar-refractivity contribution is 7.92. The Morgan fingerprint density at radius 3 is 2.52 bits per heavy atom. The van der Waals surface area contributed by atoms with E-state index in [0.717, 1.165) is 16.2 Å². The van der Waals surface area contributed by atoms with Crippen molar-refractivity contribution in [2.45, 2.75) is 11.1 Å². The number of rotatable bonds is 5. The maximum atomic E-state index is 12.9. The van der Waals surface area contributed by atoms with Gasteiger partial charge >= 0.3 is 6.18 Å². The van der Waals surface area contributed by atoms with Crippen LogP contribution in [0, 0.1) is 0 Å². The number of thiophene rings is 1. The molecular formula is C21H13ClF3N3O3S2. The van der Waals surface area contributed by atoms with Crippen LogP contribution in [0.15, 0.2) is 65.8 Å². The lowest BCUT2D eigenvalue weighted by Gasteiger charge is -2.13. The fourth-order valence-corrected chi connectivity index (χ4v) is 5.67. The normalized spacial score (nSPS) is 12.1. The number of pyridine rings is 1. The maximum absolute atomic E-state index is 12.9. The minimum atomic E-state index is -4.65. The number of benzene rings is 2. The molecule has 3 N–H and O–H groups in total. The Hall–Kier alpha value is -3.15. The molecule has 2 aromatic heterocycles. The SMILES string of the molecule is NC(=O)c1cc2c(-c3cccc(NS(=O)(=O)c4ccc(C(F)(F)F)cc4Cl)c3)cncc2s1. The number of nitrogens with zero attached hydrogens (tertiary/aromatic N) is 1. The molecule has 0 aliphatic heterocycles. The van der Waals surface area contributed by atoms with Crippen LogP contribution in [-0.4, -0.2) is 19.3 Å². The second-order valence-corrected chi connectivity index (χ2v) is 10.0. The number of fused-ring (bicyclic) bond motifs is 1. The molecule has 2 heterocycles. The summed E-state index contributed by atoms with van der Waals surface area (Å²) in [5.41, 5.74) is 5.71. The first kappa shape index (κ1) is 23.0. The zero-order chi connectivity index (χ0) is 24.0. The fourth-order valence-electron chi connectivity index (χ4n) is 3.17. The predicted molar refractivity (Wildman–Crippen MR) is 121 cm³/mol. The highest BCUT2D eigenvalue weighted by Crippen LogP contribution is 2.36. The summed E-state index contributed by atoms with van der Waals surface area (Å²) in [6.45, 7) is 0. The topological polar surface area (TPSA) is 102 Å². The number of aromatic nitrogens is 1. The third-order valence-electron chi connectivity index (χ3n) is 4.66. The van der Waals surface area contributed by atoms with E-state index >= 15 is 0 Å². The molecule has 4 rings (SSSR count). The van der Waals surface area contributed by atoms with Crippen molar-refractivity contribution >= 4 is 54.6 Å². The van der Waals surface area contributed by atoms with E-state index in [4.69, 9.17) is 17.3 Å². The standard InChI is InChI=1S/C21H13ClF3N3O3S2/c22-16-7-12(21(23,24)25)4-5-19(16)33(30,31)28-13-3-1-2-11(6-13)15-9-27-10-18-14(15)8-17(32-18)20(26)29/h1-10,28H,(H2,26,29). The minimum absolute atomic E-state index is 0.158. The van der Waals surface area contributed by atoms with Crippen LogP contribution >= 0.6 is 22.9 Å². The second kappa shape index (κ2) is 8.32. The molecule has 33 heavy (non-hydrogen) atoms. The Bertz CT molecular complexity index is 1500. The van der Waals surface area contributed by atoms with Crippen molar-refractivity contribution in [3.8, 4) is 11.1 Å². The number of halogens is 4. The summed E-state index contributed by atoms with van der Waals surface area (Å²) in [5, 5.41) is 0.161. The van der Waals surface area contributed by atoms with Crippen molar-refractivity contribution in [3.05, 3.63) is 76.4 Å². The van der Waals surface area contributed by atoms with Gasteiger partial charge in [-0.2, -0.15) is 13.2 Å². The Labute approximate surface area is 194 Å². The number of nitrogens with two attached hydrogens (primary N) is 1. The van der Waals surface area contributed by atoms with Gasteiger partial charge in [-0.3, -0.25) is 14.5 Å². The third-order valence-corrected chi connectivity index (χ3v) is 7.61. The largest absolute Gasteiger partial charge is 0.416 e. The minimum Gasteiger partial charge on any atom is -0.365 e. The van der Waals surface area contributed by atoms with Gasteiger partial charge in [-0.05, 0) is 42.0 Å². The molecular weight excluding hydrogens is 499 g/mol. The molecule has 0 unspecified atom stereocenters. The van der Waals surface area contributed by atoms with Gasteiger partial charge in [-0.15, -0.1) is 11.3 Å². The average Bonchev–Trinajstić information content (AvgIpc) is 3.17. The van der Waals surface area contributed by atoms with Crippen LogP contribution in [0.25, 0.3) is 21.2 Å². The summed E-state index contributed by atoms with van der Waals surface area (Å²) in [5.74, 6) is -0.572. The molecule has 0 atom stereocenters. The number of carbonyl (C=O) groups is 1. The molecule has 0 spiro atoms. The van der Waals surface area contributed by atoms with Gasteiger partial charge in [0.15, 0.2) is 0 Å². The van der Waals surface area contributed by atoms with Gasteiger partial charge in [0, 0.05) is 29.0 Å². The molecule has 0 radical (unpaired) electrons. The first-order valence-electron chi connectivity index (χ1n) is 9.13. The molecule has 0 saturated carbocycles. The highest BCUT2D eigenvalue weighted by Gasteiger charge is 2.32. The van der Waals surface area contributed by atoms with Crippen LogP contribution < -0.4 is 10.5 Å². The summed E-state index contributed by atoms with van der Waals surface area (Å²) in [6.07, 6.45) is -1.49. The van der Waals surface area contributed by atoms with E-state index in [-0.39, 0.29) is 5.69 Å². The zero-order valence-electron chi connectivity index (χ0n) is 16.4. The average molecular weight is 512 g/mol. The maximum Gasteiger partial charge on any atom is 0.416 e. The number of carbonyl (C=O) groups excluding carboxylic acids is 1. The first-order chi connectivity index (χ1) is 15.5. The van der Waals surface area contributed by atoms with E-state index in [1.165, 1.54) is 23.5 Å². The molecule has 0 saturated heterocycles. The number of primary amides is 1. The molecule has 2 aromatic carbocycles. The van der Waals surface area contributed by atoms with Gasteiger partial charge in [0.05, 0.1) is 20.2 Å². The van der Waals surface area contributed by atoms with Gasteiger partial charge in [-0.25, -0.2) is 8.42 Å². The highest BCUT2D eigenvalue weighted by atomic mass is 35.5. The number of amides is 1. The van der Waals surface area contributed by atoms with Gasteiger partial charge < -0.3 is 5.73 Å². The van der Waals surface area contributed by atoms with Crippen LogP contribution in [0.3, 0.4) is 0 Å². The zero-order valence-corrected chi connectivity index (χ0v) is 18.7. The van der Waals surface area contributed by atoms with Gasteiger partial charge in [0.1, 0.15) is 4.90 Å². The molecule has 6 nitrogen and oxygen atoms in total. The number of anilines is 1. The molecule has 0 fully saturated rings. The Morgan fingerprint density at radius 1 is 1.09 bits per heavy atom. The smallest absolute Gasteiger partial charge is 0.365 e. The van der Waals surface area contributed by atoms with E-state index in [2.05, 4.69) is 9.71 Å². The number of sulfonamides is 1. The van der Waals surface area contributed by atoms with E-state index < -0.39 is 37.6 Å². The lowest BCUT2D eigenvalue weighted by molar-refractivity contribution is -0.137. The lowest BCUT2D eigenvalue weighted by atomic mass is 10.0. The molecule has 170 valence electrons. The van der Waals surface area contributed by atoms with Crippen molar-refractivity contribution in [2.24, 2.45) is 5.73 Å². The predicted octanol–water partition coefficient (Wildman–Crippen LogP) is 5.54.